The molecule has 0 N–H and O–H groups in total. The summed E-state index contributed by atoms with van der Waals surface area (Å²) in [5.41, 5.74) is 0.970. The van der Waals surface area contributed by atoms with Gasteiger partial charge < -0.3 is 0 Å². The summed E-state index contributed by atoms with van der Waals surface area (Å²) >= 11 is 0. The number of ketones is 1. The van der Waals surface area contributed by atoms with E-state index >= 15 is 0 Å². The van der Waals surface area contributed by atoms with Gasteiger partial charge in [-0.25, -0.2) is 0 Å². The van der Waals surface area contributed by atoms with E-state index in [2.05, 4.69) is 51.1 Å². The molecule has 0 amide bonds. The van der Waals surface area contributed by atoms with Crippen molar-refractivity contribution in [2.45, 2.75) is 329 Å². The Kier molecular flexibility index (Phi) is 48.1. The van der Waals surface area contributed by atoms with Crippen molar-refractivity contribution in [3.8, 4) is 0 Å². The van der Waals surface area contributed by atoms with Crippen LogP contribution in [0.25, 0.3) is 0 Å². The molecule has 376 valence electrons. The Morgan fingerprint density at radius 3 is 0.672 bits per heavy atom. The van der Waals surface area contributed by atoms with E-state index in [1.54, 1.807) is 0 Å². The van der Waals surface area contributed by atoms with Crippen LogP contribution in [0.4, 0.5) is 0 Å². The number of unbranched alkanes of at least 4 members (excludes halogenated alkanes) is 45. The number of benzene rings is 1. The van der Waals surface area contributed by atoms with Gasteiger partial charge in [0.05, 0.1) is 18.5 Å². The van der Waals surface area contributed by atoms with E-state index in [0.29, 0.717) is 5.78 Å². The van der Waals surface area contributed by atoms with Gasteiger partial charge in [-0.3, -0.25) is 4.79 Å². The van der Waals surface area contributed by atoms with E-state index in [-0.39, 0.29) is 0 Å². The summed E-state index contributed by atoms with van der Waals surface area (Å²) in [6.45, 7) is 6.94. The highest BCUT2D eigenvalue weighted by Crippen LogP contribution is 2.61. The third-order valence-corrected chi connectivity index (χ3v) is 19.8. The molecule has 0 radical (unpaired) electrons. The average Bonchev–Trinajstić information content (AvgIpc) is 3.31. The predicted molar refractivity (Wildman–Crippen MR) is 296 cm³/mol. The molecule has 0 aliphatic carbocycles. The van der Waals surface area contributed by atoms with Crippen molar-refractivity contribution in [2.24, 2.45) is 0 Å². The highest BCUT2D eigenvalue weighted by molar-refractivity contribution is 7.76. The molecule has 0 aromatic heterocycles. The minimum Gasteiger partial charge on any atom is -0.290 e. The molecule has 0 aliphatic heterocycles. The quantitative estimate of drug-likeness (QED) is 0.0362. The van der Waals surface area contributed by atoms with Crippen LogP contribution in [-0.2, 0) is 0 Å². The maximum atomic E-state index is 14.0. The minimum absolute atomic E-state index is 0.457. The topological polar surface area (TPSA) is 17.1 Å². The molecule has 0 aliphatic rings. The van der Waals surface area contributed by atoms with Crippen LogP contribution in [0.2, 0.25) is 0 Å². The first kappa shape index (κ1) is 61.3. The Bertz CT molecular complexity index is 946. The number of carbonyl (C=O) groups is 1. The minimum atomic E-state index is -1.33. The first-order valence-electron chi connectivity index (χ1n) is 30.1. The van der Waals surface area contributed by atoms with Crippen molar-refractivity contribution in [1.82, 2.24) is 0 Å². The standard InChI is InChI=1S/C62H118OP/c1-4-7-10-13-16-19-22-25-28-31-34-37-40-43-46-52-57-64(60-62(63)61-55-50-49-51-56-61,58-53-47-44-41-38-35-32-29-26-23-20-17-14-11-8-5-2)59-54-48-45-42-39-36-33-30-27-24-21-18-15-12-9-6-3/h49-51,55-56H,4-48,52-54,57-60H2,1-3H3/q+1. The maximum absolute atomic E-state index is 14.0. The second-order valence-electron chi connectivity index (χ2n) is 21.4. The summed E-state index contributed by atoms with van der Waals surface area (Å²) in [4.78, 5) is 14.0. The van der Waals surface area contributed by atoms with E-state index in [1.807, 2.05) is 0 Å². The molecule has 64 heavy (non-hydrogen) atoms. The zero-order valence-electron chi connectivity index (χ0n) is 44.5. The van der Waals surface area contributed by atoms with Gasteiger partial charge in [0.2, 0.25) is 0 Å². The molecule has 0 bridgehead atoms. The number of hydrogen-bond donors (Lipinski definition) is 0. The Balaban J connectivity index is 2.54. The van der Waals surface area contributed by atoms with Crippen molar-refractivity contribution < 1.29 is 4.79 Å². The van der Waals surface area contributed by atoms with Crippen LogP contribution in [0.15, 0.2) is 30.3 Å². The lowest BCUT2D eigenvalue weighted by atomic mass is 10.0. The lowest BCUT2D eigenvalue weighted by Gasteiger charge is -2.28. The Hall–Kier alpha value is -0.680. The van der Waals surface area contributed by atoms with Gasteiger partial charge >= 0.3 is 0 Å². The van der Waals surface area contributed by atoms with Crippen LogP contribution in [0.3, 0.4) is 0 Å². The highest BCUT2D eigenvalue weighted by atomic mass is 31.2. The van der Waals surface area contributed by atoms with Crippen molar-refractivity contribution >= 4 is 13.0 Å². The molecule has 0 fully saturated rings. The third kappa shape index (κ3) is 41.5. The van der Waals surface area contributed by atoms with E-state index in [0.717, 1.165) is 11.7 Å². The summed E-state index contributed by atoms with van der Waals surface area (Å²) in [6.07, 6.45) is 73.7. The summed E-state index contributed by atoms with van der Waals surface area (Å²) in [6, 6.07) is 10.4. The highest BCUT2D eigenvalue weighted by Gasteiger charge is 2.38. The van der Waals surface area contributed by atoms with Crippen molar-refractivity contribution in [2.75, 3.05) is 24.6 Å². The average molecular weight is 911 g/mol. The first-order valence-corrected chi connectivity index (χ1v) is 32.6. The molecule has 0 atom stereocenters. The molecule has 1 nitrogen and oxygen atoms in total. The van der Waals surface area contributed by atoms with Crippen LogP contribution in [0.5, 0.6) is 0 Å². The Morgan fingerprint density at radius 2 is 0.469 bits per heavy atom. The molecule has 0 heterocycles. The SMILES string of the molecule is CCCCCCCCCCCCCCCCCC[P+](CCCCCCCCCCCCCCCCCC)(CCCCCCCCCCCCCCCCCC)CC(=O)c1ccccc1. The van der Waals surface area contributed by atoms with Gasteiger partial charge in [-0.2, -0.15) is 0 Å². The summed E-state index contributed by atoms with van der Waals surface area (Å²) in [5, 5.41) is 0. The number of Topliss-reactive ketones (excluding diaryl/α,β-unsaturated/α-hetero) is 1. The van der Waals surface area contributed by atoms with Gasteiger partial charge in [-0.1, -0.05) is 321 Å². The molecule has 0 saturated carbocycles. The monoisotopic (exact) mass is 910 g/mol. The molecule has 0 unspecified atom stereocenters. The van der Waals surface area contributed by atoms with Gasteiger partial charge in [-0.05, 0) is 38.5 Å². The van der Waals surface area contributed by atoms with Crippen LogP contribution in [-0.4, -0.2) is 30.4 Å². The number of carbonyl (C=O) groups excluding carboxylic acids is 1. The predicted octanol–water partition coefficient (Wildman–Crippen LogP) is 22.7. The molecule has 2 heteroatoms. The molecule has 1 rings (SSSR count). The first-order chi connectivity index (χ1) is 31.7. The van der Waals surface area contributed by atoms with Crippen LogP contribution < -0.4 is 0 Å². The summed E-state index contributed by atoms with van der Waals surface area (Å²) in [7, 11) is -1.33. The van der Waals surface area contributed by atoms with E-state index in [1.165, 1.54) is 327 Å². The molecular formula is C62H118OP+. The fraction of sp³-hybridized carbons (Fsp3) is 0.887. The van der Waals surface area contributed by atoms with Crippen LogP contribution in [0.1, 0.15) is 339 Å². The smallest absolute Gasteiger partial charge is 0.199 e. The summed E-state index contributed by atoms with van der Waals surface area (Å²) < 4.78 is 0. The lowest BCUT2D eigenvalue weighted by molar-refractivity contribution is 0.102. The normalized spacial score (nSPS) is 11.9. The van der Waals surface area contributed by atoms with Gasteiger partial charge in [0.1, 0.15) is 6.16 Å². The van der Waals surface area contributed by atoms with Crippen molar-refractivity contribution in [3.05, 3.63) is 35.9 Å². The van der Waals surface area contributed by atoms with E-state index in [9.17, 15) is 4.79 Å². The molecule has 0 saturated heterocycles. The molecule has 0 spiro atoms. The van der Waals surface area contributed by atoms with E-state index in [4.69, 9.17) is 0 Å². The van der Waals surface area contributed by atoms with Gasteiger partial charge in [-0.15, -0.1) is 0 Å². The second kappa shape index (κ2) is 50.2. The zero-order chi connectivity index (χ0) is 46.0. The van der Waals surface area contributed by atoms with Gasteiger partial charge in [0, 0.05) is 12.8 Å². The van der Waals surface area contributed by atoms with Crippen LogP contribution >= 0.6 is 7.26 Å². The number of hydrogen-bond acceptors (Lipinski definition) is 1. The van der Waals surface area contributed by atoms with Gasteiger partial charge in [0.25, 0.3) is 0 Å². The van der Waals surface area contributed by atoms with Crippen LogP contribution in [0, 0.1) is 0 Å². The Labute approximate surface area is 405 Å². The van der Waals surface area contributed by atoms with E-state index < -0.39 is 7.26 Å². The van der Waals surface area contributed by atoms with Gasteiger partial charge in [0.15, 0.2) is 5.78 Å². The summed E-state index contributed by atoms with van der Waals surface area (Å²) in [5.74, 6) is 0.457. The third-order valence-electron chi connectivity index (χ3n) is 15.0. The number of rotatable bonds is 54. The Morgan fingerprint density at radius 1 is 0.281 bits per heavy atom. The molecular weight excluding hydrogens is 792 g/mol. The fourth-order valence-electron chi connectivity index (χ4n) is 10.6. The molecule has 1 aromatic carbocycles. The maximum Gasteiger partial charge on any atom is 0.199 e. The van der Waals surface area contributed by atoms with Crippen molar-refractivity contribution in [1.29, 1.82) is 0 Å². The molecule has 1 aromatic rings. The largest absolute Gasteiger partial charge is 0.290 e. The van der Waals surface area contributed by atoms with Crippen molar-refractivity contribution in [3.63, 3.8) is 0 Å². The second-order valence-corrected chi connectivity index (χ2v) is 25.7. The lowest BCUT2D eigenvalue weighted by Crippen LogP contribution is -2.19. The zero-order valence-corrected chi connectivity index (χ0v) is 45.4. The fourth-order valence-corrected chi connectivity index (χ4v) is 15.2.